The van der Waals surface area contributed by atoms with Crippen molar-refractivity contribution in [3.63, 3.8) is 0 Å². The van der Waals surface area contributed by atoms with Gasteiger partial charge >= 0.3 is 0 Å². The molecule has 3 aromatic carbocycles. The van der Waals surface area contributed by atoms with Gasteiger partial charge in [0, 0.05) is 58.6 Å². The number of carbonyl (C=O) groups excluding carboxylic acids is 1. The lowest BCUT2D eigenvalue weighted by molar-refractivity contribution is -0.117. The number of aromatic nitrogens is 2. The molecular formula is C32H32N4O. The van der Waals surface area contributed by atoms with Crippen LogP contribution in [0.15, 0.2) is 103 Å². The Morgan fingerprint density at radius 3 is 2.00 bits per heavy atom. The van der Waals surface area contributed by atoms with Gasteiger partial charge in [-0.05, 0) is 60.4 Å². The summed E-state index contributed by atoms with van der Waals surface area (Å²) in [6.07, 6.45) is 7.48. The Labute approximate surface area is 217 Å². The van der Waals surface area contributed by atoms with Crippen LogP contribution < -0.4 is 10.6 Å². The lowest BCUT2D eigenvalue weighted by atomic mass is 9.95. The number of H-pyrrole nitrogens is 2. The summed E-state index contributed by atoms with van der Waals surface area (Å²) in [4.78, 5) is 20.1. The highest BCUT2D eigenvalue weighted by atomic mass is 16.1. The van der Waals surface area contributed by atoms with Gasteiger partial charge in [-0.3, -0.25) is 4.79 Å². The molecule has 0 spiro atoms. The van der Waals surface area contributed by atoms with Crippen molar-refractivity contribution in [3.8, 4) is 0 Å². The fourth-order valence-corrected chi connectivity index (χ4v) is 5.62. The lowest BCUT2D eigenvalue weighted by Crippen LogP contribution is -2.29. The summed E-state index contributed by atoms with van der Waals surface area (Å²) in [5, 5.41) is 9.33. The van der Waals surface area contributed by atoms with Crippen molar-refractivity contribution >= 4 is 27.7 Å². The summed E-state index contributed by atoms with van der Waals surface area (Å²) < 4.78 is 0. The number of carbonyl (C=O) groups is 1. The predicted octanol–water partition coefficient (Wildman–Crippen LogP) is 5.97. The van der Waals surface area contributed by atoms with Crippen LogP contribution in [-0.4, -0.2) is 29.0 Å². The van der Waals surface area contributed by atoms with Gasteiger partial charge in [-0.2, -0.15) is 0 Å². The van der Waals surface area contributed by atoms with Crippen molar-refractivity contribution in [2.45, 2.75) is 31.6 Å². The Morgan fingerprint density at radius 2 is 1.32 bits per heavy atom. The van der Waals surface area contributed by atoms with Crippen molar-refractivity contribution in [2.24, 2.45) is 0 Å². The van der Waals surface area contributed by atoms with E-state index >= 15 is 0 Å². The van der Waals surface area contributed by atoms with Gasteiger partial charge in [-0.25, -0.2) is 0 Å². The predicted molar refractivity (Wildman–Crippen MR) is 150 cm³/mol. The van der Waals surface area contributed by atoms with Crippen molar-refractivity contribution < 1.29 is 4.79 Å². The molecule has 5 aromatic rings. The standard InChI is InChI=1S/C32H32N4O/c37-32(34-17-15-24-21-36-30-13-7-5-11-27(24)30)28-18-25(22-8-2-1-3-9-22)19-31(28)33-16-14-23-20-35-29-12-6-4-10-26(23)29/h1-13,20-21,25,33,35-36H,14-19H2,(H,34,37). The normalized spacial score (nSPS) is 15.5. The number of hydrogen-bond donors (Lipinski definition) is 4. The summed E-state index contributed by atoms with van der Waals surface area (Å²) >= 11 is 0. The molecule has 1 amide bonds. The molecule has 2 heterocycles. The van der Waals surface area contributed by atoms with Crippen molar-refractivity contribution in [2.75, 3.05) is 13.1 Å². The van der Waals surface area contributed by atoms with Gasteiger partial charge in [0.05, 0.1) is 0 Å². The molecule has 0 bridgehead atoms. The van der Waals surface area contributed by atoms with Crippen LogP contribution in [0.25, 0.3) is 21.8 Å². The molecule has 1 atom stereocenters. The number of rotatable bonds is 9. The fraction of sp³-hybridized carbons (Fsp3) is 0.219. The van der Waals surface area contributed by atoms with Gasteiger partial charge < -0.3 is 20.6 Å². The number of amides is 1. The number of hydrogen-bond acceptors (Lipinski definition) is 2. The third-order valence-electron chi connectivity index (χ3n) is 7.57. The van der Waals surface area contributed by atoms with Crippen LogP contribution in [0.2, 0.25) is 0 Å². The number of aromatic amines is 2. The molecule has 0 saturated carbocycles. The van der Waals surface area contributed by atoms with Crippen LogP contribution in [0.4, 0.5) is 0 Å². The van der Waals surface area contributed by atoms with Crippen LogP contribution in [0.1, 0.15) is 35.4 Å². The quantitative estimate of drug-likeness (QED) is 0.206. The van der Waals surface area contributed by atoms with Gasteiger partial charge in [0.1, 0.15) is 0 Å². The van der Waals surface area contributed by atoms with E-state index in [9.17, 15) is 4.79 Å². The minimum Gasteiger partial charge on any atom is -0.388 e. The van der Waals surface area contributed by atoms with Gasteiger partial charge in [0.2, 0.25) is 5.91 Å². The van der Waals surface area contributed by atoms with Gasteiger partial charge in [0.25, 0.3) is 0 Å². The van der Waals surface area contributed by atoms with Gasteiger partial charge in [-0.15, -0.1) is 0 Å². The molecule has 0 fully saturated rings. The average Bonchev–Trinajstić information content (AvgIpc) is 3.67. The highest BCUT2D eigenvalue weighted by molar-refractivity contribution is 5.95. The molecule has 0 radical (unpaired) electrons. The molecule has 0 saturated heterocycles. The first-order chi connectivity index (χ1) is 18.3. The first-order valence-electron chi connectivity index (χ1n) is 13.2. The largest absolute Gasteiger partial charge is 0.388 e. The second-order valence-electron chi connectivity index (χ2n) is 9.87. The molecule has 6 rings (SSSR count). The maximum atomic E-state index is 13.4. The summed E-state index contributed by atoms with van der Waals surface area (Å²) in [5.74, 6) is 0.374. The molecular weight excluding hydrogens is 456 g/mol. The first kappa shape index (κ1) is 23.2. The minimum absolute atomic E-state index is 0.0490. The second kappa shape index (κ2) is 10.4. The third-order valence-corrected chi connectivity index (χ3v) is 7.57. The summed E-state index contributed by atoms with van der Waals surface area (Å²) in [7, 11) is 0. The topological polar surface area (TPSA) is 72.7 Å². The van der Waals surface area contributed by atoms with E-state index < -0.39 is 0 Å². The van der Waals surface area contributed by atoms with E-state index in [2.05, 4.69) is 99.7 Å². The molecule has 0 aliphatic heterocycles. The zero-order chi connectivity index (χ0) is 25.0. The molecule has 4 N–H and O–H groups in total. The Bertz CT molecular complexity index is 1560. The third kappa shape index (κ3) is 4.90. The molecule has 37 heavy (non-hydrogen) atoms. The molecule has 1 aliphatic rings. The Hall–Kier alpha value is -4.25. The summed E-state index contributed by atoms with van der Waals surface area (Å²) in [5.41, 5.74) is 8.10. The van der Waals surface area contributed by atoms with E-state index in [0.29, 0.717) is 12.5 Å². The Balaban J connectivity index is 1.13. The molecule has 5 nitrogen and oxygen atoms in total. The summed E-state index contributed by atoms with van der Waals surface area (Å²) in [6.45, 7) is 1.41. The van der Waals surface area contributed by atoms with Crippen LogP contribution in [0.3, 0.4) is 0 Å². The van der Waals surface area contributed by atoms with E-state index in [0.717, 1.165) is 54.5 Å². The van der Waals surface area contributed by atoms with Crippen LogP contribution >= 0.6 is 0 Å². The molecule has 2 aromatic heterocycles. The number of allylic oxidation sites excluding steroid dienone is 1. The zero-order valence-corrected chi connectivity index (χ0v) is 20.9. The van der Waals surface area contributed by atoms with Crippen molar-refractivity contribution in [1.29, 1.82) is 0 Å². The molecule has 186 valence electrons. The van der Waals surface area contributed by atoms with Crippen LogP contribution in [0.5, 0.6) is 0 Å². The van der Waals surface area contributed by atoms with E-state index in [1.165, 1.54) is 27.5 Å². The lowest BCUT2D eigenvalue weighted by Gasteiger charge is -2.12. The summed E-state index contributed by atoms with van der Waals surface area (Å²) in [6, 6.07) is 27.3. The maximum Gasteiger partial charge on any atom is 0.248 e. The first-order valence-corrected chi connectivity index (χ1v) is 13.2. The molecule has 1 unspecified atom stereocenters. The van der Waals surface area contributed by atoms with Crippen molar-refractivity contribution in [3.05, 3.63) is 119 Å². The van der Waals surface area contributed by atoms with Crippen LogP contribution in [0, 0.1) is 0 Å². The number of nitrogens with one attached hydrogen (secondary N) is 4. The molecule has 1 aliphatic carbocycles. The van der Waals surface area contributed by atoms with Crippen molar-refractivity contribution in [1.82, 2.24) is 20.6 Å². The van der Waals surface area contributed by atoms with Gasteiger partial charge in [-0.1, -0.05) is 66.7 Å². The van der Waals surface area contributed by atoms with E-state index in [1.54, 1.807) is 0 Å². The SMILES string of the molecule is O=C(NCCc1c[nH]c2ccccc12)C1=C(NCCc2c[nH]c3ccccc23)CC(c2ccccc2)C1. The smallest absolute Gasteiger partial charge is 0.248 e. The highest BCUT2D eigenvalue weighted by Gasteiger charge is 2.29. The van der Waals surface area contributed by atoms with Gasteiger partial charge in [0.15, 0.2) is 0 Å². The Kier molecular flexibility index (Phi) is 6.51. The maximum absolute atomic E-state index is 13.4. The average molecular weight is 489 g/mol. The van der Waals surface area contributed by atoms with Crippen LogP contribution in [-0.2, 0) is 17.6 Å². The van der Waals surface area contributed by atoms with E-state index in [-0.39, 0.29) is 5.91 Å². The molecule has 5 heteroatoms. The minimum atomic E-state index is 0.0490. The zero-order valence-electron chi connectivity index (χ0n) is 20.9. The number of para-hydroxylation sites is 2. The second-order valence-corrected chi connectivity index (χ2v) is 9.87. The monoisotopic (exact) mass is 488 g/mol. The highest BCUT2D eigenvalue weighted by Crippen LogP contribution is 2.37. The number of fused-ring (bicyclic) bond motifs is 2. The Morgan fingerprint density at radius 1 is 0.730 bits per heavy atom. The number of benzene rings is 3. The van der Waals surface area contributed by atoms with E-state index in [1.807, 2.05) is 12.1 Å². The van der Waals surface area contributed by atoms with E-state index in [4.69, 9.17) is 0 Å². The fourth-order valence-electron chi connectivity index (χ4n) is 5.62.